The Morgan fingerprint density at radius 2 is 1.00 bits per heavy atom. The van der Waals surface area contributed by atoms with E-state index in [0.29, 0.717) is 0 Å². The van der Waals surface area contributed by atoms with Crippen molar-refractivity contribution in [3.63, 3.8) is 0 Å². The minimum Gasteiger partial charge on any atom is -0.319 e. The van der Waals surface area contributed by atoms with Crippen LogP contribution in [0.3, 0.4) is 0 Å². The molecule has 0 saturated carbocycles. The summed E-state index contributed by atoms with van der Waals surface area (Å²) in [6.07, 6.45) is 10.4. The van der Waals surface area contributed by atoms with E-state index >= 15 is 0 Å². The van der Waals surface area contributed by atoms with Crippen molar-refractivity contribution < 1.29 is 8.97 Å². The molecule has 17 heavy (non-hydrogen) atoms. The maximum Gasteiger partial charge on any atom is 0.141 e. The van der Waals surface area contributed by atoms with Crippen LogP contribution in [0.5, 0.6) is 0 Å². The molecule has 3 aliphatic heterocycles. The lowest BCUT2D eigenvalue weighted by molar-refractivity contribution is -0.988. The van der Waals surface area contributed by atoms with E-state index in [1.165, 1.54) is 80.1 Å². The third kappa shape index (κ3) is 1.94. The van der Waals surface area contributed by atoms with Gasteiger partial charge in [0.15, 0.2) is 0 Å². The van der Waals surface area contributed by atoms with Crippen LogP contribution in [0.15, 0.2) is 0 Å². The number of fused-ring (bicyclic) bond motifs is 3. The van der Waals surface area contributed by atoms with E-state index in [0.717, 1.165) is 12.1 Å². The van der Waals surface area contributed by atoms with Crippen LogP contribution in [0.4, 0.5) is 0 Å². The van der Waals surface area contributed by atoms with Crippen LogP contribution in [0.25, 0.3) is 0 Å². The van der Waals surface area contributed by atoms with Gasteiger partial charge in [-0.25, -0.2) is 0 Å². The lowest BCUT2D eigenvalue weighted by atomic mass is 9.86. The van der Waals surface area contributed by atoms with Crippen molar-refractivity contribution in [3.05, 3.63) is 0 Å². The number of hydrogen-bond acceptors (Lipinski definition) is 0. The number of nitrogens with zero attached hydrogens (tertiary/aromatic N) is 2. The second-order valence-corrected chi connectivity index (χ2v) is 7.33. The first kappa shape index (κ1) is 12.0. The van der Waals surface area contributed by atoms with Gasteiger partial charge in [0.25, 0.3) is 0 Å². The molecule has 3 rings (SSSR count). The molecule has 4 atom stereocenters. The first-order valence-electron chi connectivity index (χ1n) is 7.83. The lowest BCUT2D eigenvalue weighted by Crippen LogP contribution is -2.66. The third-order valence-corrected chi connectivity index (χ3v) is 6.22. The highest BCUT2D eigenvalue weighted by atomic mass is 15.5. The van der Waals surface area contributed by atoms with Gasteiger partial charge < -0.3 is 8.97 Å². The molecule has 0 amide bonds. The smallest absolute Gasteiger partial charge is 0.141 e. The van der Waals surface area contributed by atoms with Crippen molar-refractivity contribution in [1.29, 1.82) is 0 Å². The van der Waals surface area contributed by atoms with Gasteiger partial charge in [-0.3, -0.25) is 0 Å². The lowest BCUT2D eigenvalue weighted by Gasteiger charge is -2.51. The Kier molecular flexibility index (Phi) is 2.99. The molecule has 3 aliphatic rings. The molecular formula is C15H30N2+2. The molecule has 0 aromatic heterocycles. The molecule has 0 aliphatic carbocycles. The fraction of sp³-hybridized carbons (Fsp3) is 1.00. The Bertz CT molecular complexity index is 263. The fourth-order valence-electron chi connectivity index (χ4n) is 5.17. The zero-order valence-corrected chi connectivity index (χ0v) is 11.8. The molecule has 0 bridgehead atoms. The topological polar surface area (TPSA) is 0 Å². The number of piperidine rings is 2. The van der Waals surface area contributed by atoms with Gasteiger partial charge in [0.1, 0.15) is 12.1 Å². The Morgan fingerprint density at radius 3 is 1.47 bits per heavy atom. The zero-order valence-electron chi connectivity index (χ0n) is 11.8. The minimum atomic E-state index is 0.983. The van der Waals surface area contributed by atoms with Gasteiger partial charge in [0, 0.05) is 19.3 Å². The van der Waals surface area contributed by atoms with Gasteiger partial charge in [0.05, 0.1) is 40.3 Å². The average molecular weight is 238 g/mol. The molecule has 0 aromatic rings. The standard InChI is InChI=1S/C15H30N2/c1-16-10-5-3-8-14(16)15-9-4-6-11-17(15,2)13-7-12-16/h14-15H,3-13H2,1-2H3/q+2. The first-order valence-corrected chi connectivity index (χ1v) is 7.83. The Hall–Kier alpha value is -0.0800. The largest absolute Gasteiger partial charge is 0.319 e. The Morgan fingerprint density at radius 1 is 0.588 bits per heavy atom. The molecule has 3 saturated heterocycles. The predicted octanol–water partition coefficient (Wildman–Crippen LogP) is 2.39. The monoisotopic (exact) mass is 238 g/mol. The maximum absolute atomic E-state index is 2.56. The van der Waals surface area contributed by atoms with Crippen molar-refractivity contribution in [1.82, 2.24) is 0 Å². The van der Waals surface area contributed by atoms with Crippen LogP contribution < -0.4 is 0 Å². The van der Waals surface area contributed by atoms with Crippen LogP contribution in [-0.4, -0.2) is 61.3 Å². The van der Waals surface area contributed by atoms with Crippen molar-refractivity contribution in [2.24, 2.45) is 0 Å². The average Bonchev–Trinajstić information content (AvgIpc) is 2.42. The summed E-state index contributed by atoms with van der Waals surface area (Å²) in [4.78, 5) is 0. The highest BCUT2D eigenvalue weighted by molar-refractivity contribution is 4.80. The van der Waals surface area contributed by atoms with E-state index < -0.39 is 0 Å². The van der Waals surface area contributed by atoms with Gasteiger partial charge in [-0.2, -0.15) is 0 Å². The molecule has 2 heteroatoms. The molecule has 3 fully saturated rings. The SMILES string of the molecule is C[N+]12CCCCC1C1CCCC[N+]1(C)CCC2. The van der Waals surface area contributed by atoms with E-state index in [4.69, 9.17) is 0 Å². The summed E-state index contributed by atoms with van der Waals surface area (Å²) in [6, 6.07) is 1.97. The Labute approximate surface area is 107 Å². The van der Waals surface area contributed by atoms with E-state index in [1.807, 2.05) is 0 Å². The fourth-order valence-corrected chi connectivity index (χ4v) is 5.17. The summed E-state index contributed by atoms with van der Waals surface area (Å²) < 4.78 is 2.83. The minimum absolute atomic E-state index is 0.983. The van der Waals surface area contributed by atoms with E-state index in [2.05, 4.69) is 14.1 Å². The molecule has 0 N–H and O–H groups in total. The Balaban J connectivity index is 1.91. The first-order chi connectivity index (χ1) is 8.14. The number of likely N-dealkylation sites (N-methyl/N-ethyl adjacent to an activating group) is 2. The quantitative estimate of drug-likeness (QED) is 0.569. The summed E-state index contributed by atoms with van der Waals surface area (Å²) >= 11 is 0. The molecule has 3 heterocycles. The molecular weight excluding hydrogens is 208 g/mol. The molecule has 0 spiro atoms. The number of hydrogen-bond donors (Lipinski definition) is 0. The van der Waals surface area contributed by atoms with Crippen molar-refractivity contribution in [3.8, 4) is 0 Å². The highest BCUT2D eigenvalue weighted by Gasteiger charge is 2.51. The summed E-state index contributed by atoms with van der Waals surface area (Å²) in [5.74, 6) is 0. The molecule has 2 nitrogen and oxygen atoms in total. The summed E-state index contributed by atoms with van der Waals surface area (Å²) in [7, 11) is 5.13. The second-order valence-electron chi connectivity index (χ2n) is 7.33. The highest BCUT2D eigenvalue weighted by Crippen LogP contribution is 2.38. The number of quaternary nitrogens is 2. The zero-order chi connectivity index (χ0) is 11.9. The molecule has 0 radical (unpaired) electrons. The van der Waals surface area contributed by atoms with Gasteiger partial charge in [-0.1, -0.05) is 0 Å². The van der Waals surface area contributed by atoms with Crippen LogP contribution in [-0.2, 0) is 0 Å². The van der Waals surface area contributed by atoms with E-state index in [9.17, 15) is 0 Å². The van der Waals surface area contributed by atoms with Gasteiger partial charge >= 0.3 is 0 Å². The van der Waals surface area contributed by atoms with Gasteiger partial charge in [0.2, 0.25) is 0 Å². The van der Waals surface area contributed by atoms with Crippen LogP contribution >= 0.6 is 0 Å². The van der Waals surface area contributed by atoms with Crippen LogP contribution in [0.1, 0.15) is 44.9 Å². The van der Waals surface area contributed by atoms with Crippen molar-refractivity contribution in [2.45, 2.75) is 57.0 Å². The van der Waals surface area contributed by atoms with Gasteiger partial charge in [-0.05, 0) is 25.7 Å². The normalized spacial score (nSPS) is 51.2. The maximum atomic E-state index is 2.56. The third-order valence-electron chi connectivity index (χ3n) is 6.22. The summed E-state index contributed by atoms with van der Waals surface area (Å²) in [5.41, 5.74) is 0. The van der Waals surface area contributed by atoms with Crippen LogP contribution in [0.2, 0.25) is 0 Å². The van der Waals surface area contributed by atoms with Crippen LogP contribution in [0, 0.1) is 0 Å². The van der Waals surface area contributed by atoms with Gasteiger partial charge in [-0.15, -0.1) is 0 Å². The molecule has 4 unspecified atom stereocenters. The van der Waals surface area contributed by atoms with E-state index in [-0.39, 0.29) is 0 Å². The van der Waals surface area contributed by atoms with Crippen molar-refractivity contribution >= 4 is 0 Å². The number of rotatable bonds is 0. The predicted molar refractivity (Wildman–Crippen MR) is 71.7 cm³/mol. The molecule has 98 valence electrons. The molecule has 0 aromatic carbocycles. The summed E-state index contributed by atoms with van der Waals surface area (Å²) in [6.45, 7) is 5.83. The van der Waals surface area contributed by atoms with Crippen molar-refractivity contribution in [2.75, 3.05) is 40.3 Å². The van der Waals surface area contributed by atoms with E-state index in [1.54, 1.807) is 0 Å². The summed E-state index contributed by atoms with van der Waals surface area (Å²) in [5, 5.41) is 0. The second kappa shape index (κ2) is 4.24.